The molecule has 1 saturated carbocycles. The fourth-order valence-corrected chi connectivity index (χ4v) is 4.78. The van der Waals surface area contributed by atoms with E-state index in [2.05, 4.69) is 15.3 Å². The van der Waals surface area contributed by atoms with E-state index in [9.17, 15) is 18.1 Å². The maximum atomic E-state index is 11.5. The van der Waals surface area contributed by atoms with Crippen molar-refractivity contribution >= 4 is 38.8 Å². The molecular formula is C19H22ClN5O4S. The number of rotatable bonds is 6. The van der Waals surface area contributed by atoms with E-state index >= 15 is 0 Å². The van der Waals surface area contributed by atoms with Gasteiger partial charge in [0.1, 0.15) is 17.8 Å². The number of aliphatic hydroxyl groups excluding tert-OH is 1. The summed E-state index contributed by atoms with van der Waals surface area (Å²) in [6, 6.07) is 8.57. The van der Waals surface area contributed by atoms with Crippen LogP contribution in [0.1, 0.15) is 24.4 Å². The Kier molecular flexibility index (Phi) is 5.69. The second-order valence-corrected chi connectivity index (χ2v) is 9.33. The summed E-state index contributed by atoms with van der Waals surface area (Å²) in [6.07, 6.45) is 3.14. The summed E-state index contributed by atoms with van der Waals surface area (Å²) in [5.74, 6) is 0.670. The molecule has 30 heavy (non-hydrogen) atoms. The lowest BCUT2D eigenvalue weighted by Crippen LogP contribution is -2.41. The van der Waals surface area contributed by atoms with Crippen LogP contribution in [0.25, 0.3) is 11.0 Å². The minimum Gasteiger partial charge on any atom is -0.391 e. The Morgan fingerprint density at radius 1 is 1.30 bits per heavy atom. The van der Waals surface area contributed by atoms with E-state index in [0.717, 1.165) is 15.3 Å². The average Bonchev–Trinajstić information content (AvgIpc) is 3.28. The molecule has 1 aliphatic carbocycles. The summed E-state index contributed by atoms with van der Waals surface area (Å²) < 4.78 is 34.9. The van der Waals surface area contributed by atoms with Gasteiger partial charge in [-0.2, -0.15) is 12.7 Å². The van der Waals surface area contributed by atoms with Gasteiger partial charge >= 0.3 is 10.3 Å². The minimum atomic E-state index is -4.38. The lowest BCUT2D eigenvalue weighted by molar-refractivity contribution is 0.117. The van der Waals surface area contributed by atoms with Crippen LogP contribution in [0.3, 0.4) is 0 Å². The van der Waals surface area contributed by atoms with Gasteiger partial charge in [0.25, 0.3) is 0 Å². The van der Waals surface area contributed by atoms with Crippen LogP contribution in [-0.2, 0) is 16.8 Å². The van der Waals surface area contributed by atoms with Gasteiger partial charge in [-0.3, -0.25) is 4.55 Å². The van der Waals surface area contributed by atoms with Gasteiger partial charge in [-0.25, -0.2) is 9.97 Å². The summed E-state index contributed by atoms with van der Waals surface area (Å²) in [7, 11) is -3.12. The molecule has 2 aromatic heterocycles. The minimum absolute atomic E-state index is 0.164. The molecule has 1 aliphatic rings. The van der Waals surface area contributed by atoms with Crippen molar-refractivity contribution in [2.45, 2.75) is 37.6 Å². The second kappa shape index (κ2) is 8.12. The molecule has 0 radical (unpaired) electrons. The number of aromatic nitrogens is 3. The Bertz CT molecular complexity index is 1170. The zero-order valence-electron chi connectivity index (χ0n) is 16.2. The molecule has 160 valence electrons. The molecule has 0 aliphatic heterocycles. The number of anilines is 1. The number of likely N-dealkylation sites (N-methyl/N-ethyl adjacent to an activating group) is 1. The monoisotopic (exact) mass is 451 g/mol. The SMILES string of the molecule is CN([C@H]1C[C@@H](n2ccc3c(NCc4cccc(Cl)c4)ncnc32)C[C@@H]1O)S(=O)(=O)O. The molecule has 0 amide bonds. The van der Waals surface area contributed by atoms with Gasteiger partial charge in [0.15, 0.2) is 0 Å². The fourth-order valence-electron chi connectivity index (χ4n) is 4.00. The molecule has 0 unspecified atom stereocenters. The Morgan fingerprint density at radius 3 is 2.83 bits per heavy atom. The van der Waals surface area contributed by atoms with Crippen molar-refractivity contribution in [2.24, 2.45) is 0 Å². The smallest absolute Gasteiger partial charge is 0.335 e. The first-order valence-corrected chi connectivity index (χ1v) is 11.2. The van der Waals surface area contributed by atoms with Crippen molar-refractivity contribution in [3.05, 3.63) is 53.4 Å². The molecular weight excluding hydrogens is 430 g/mol. The van der Waals surface area contributed by atoms with Crippen molar-refractivity contribution in [3.8, 4) is 0 Å². The third-order valence-corrected chi connectivity index (χ3v) is 6.79. The van der Waals surface area contributed by atoms with Gasteiger partial charge in [0.2, 0.25) is 0 Å². The maximum absolute atomic E-state index is 11.5. The summed E-state index contributed by atoms with van der Waals surface area (Å²) in [5, 5.41) is 15.1. The third-order valence-electron chi connectivity index (χ3n) is 5.55. The Labute approximate surface area is 179 Å². The lowest BCUT2D eigenvalue weighted by Gasteiger charge is -2.23. The van der Waals surface area contributed by atoms with E-state index in [1.165, 1.54) is 13.4 Å². The molecule has 11 heteroatoms. The van der Waals surface area contributed by atoms with Gasteiger partial charge < -0.3 is 15.0 Å². The molecule has 2 heterocycles. The van der Waals surface area contributed by atoms with Gasteiger partial charge in [-0.1, -0.05) is 23.7 Å². The molecule has 0 spiro atoms. The first-order valence-electron chi connectivity index (χ1n) is 9.42. The van der Waals surface area contributed by atoms with Crippen molar-refractivity contribution in [3.63, 3.8) is 0 Å². The summed E-state index contributed by atoms with van der Waals surface area (Å²) in [6.45, 7) is 0.543. The van der Waals surface area contributed by atoms with E-state index in [0.29, 0.717) is 35.9 Å². The van der Waals surface area contributed by atoms with E-state index in [1.54, 1.807) is 0 Å². The largest absolute Gasteiger partial charge is 0.391 e. The standard InChI is InChI=1S/C19H22ClN5O4S/c1-24(30(27,28)29)16-8-14(9-17(16)26)25-6-5-15-18(22-11-23-19(15)25)21-10-12-3-2-4-13(20)7-12/h2-7,11,14,16-17,26H,8-10H2,1H3,(H,21,22,23)(H,27,28,29)/t14-,16+,17+/m1/s1. The molecule has 3 atom stereocenters. The second-order valence-electron chi connectivity index (χ2n) is 7.42. The molecule has 1 fully saturated rings. The molecule has 0 bridgehead atoms. The highest BCUT2D eigenvalue weighted by atomic mass is 35.5. The van der Waals surface area contributed by atoms with Crippen LogP contribution < -0.4 is 5.32 Å². The van der Waals surface area contributed by atoms with Crippen molar-refractivity contribution in [1.29, 1.82) is 0 Å². The Balaban J connectivity index is 1.56. The quantitative estimate of drug-likeness (QED) is 0.492. The van der Waals surface area contributed by atoms with Crippen LogP contribution in [0.4, 0.5) is 5.82 Å². The van der Waals surface area contributed by atoms with Crippen molar-refractivity contribution in [1.82, 2.24) is 18.8 Å². The van der Waals surface area contributed by atoms with Gasteiger partial charge in [-0.15, -0.1) is 0 Å². The van der Waals surface area contributed by atoms with Crippen LogP contribution in [0.15, 0.2) is 42.9 Å². The highest BCUT2D eigenvalue weighted by Gasteiger charge is 2.40. The first kappa shape index (κ1) is 21.0. The number of hydrogen-bond acceptors (Lipinski definition) is 6. The van der Waals surface area contributed by atoms with Crippen LogP contribution >= 0.6 is 11.6 Å². The number of aliphatic hydroxyl groups is 1. The molecule has 4 rings (SSSR count). The average molecular weight is 452 g/mol. The Hall–Kier alpha value is -2.24. The first-order chi connectivity index (χ1) is 14.2. The van der Waals surface area contributed by atoms with Gasteiger partial charge in [-0.05, 0) is 36.6 Å². The predicted molar refractivity (Wildman–Crippen MR) is 114 cm³/mol. The summed E-state index contributed by atoms with van der Waals surface area (Å²) in [4.78, 5) is 8.72. The number of nitrogens with zero attached hydrogens (tertiary/aromatic N) is 4. The number of benzene rings is 1. The Morgan fingerprint density at radius 2 is 2.10 bits per heavy atom. The zero-order valence-corrected chi connectivity index (χ0v) is 17.8. The lowest BCUT2D eigenvalue weighted by atomic mass is 10.2. The summed E-state index contributed by atoms with van der Waals surface area (Å²) in [5.41, 5.74) is 1.70. The number of halogens is 1. The van der Waals surface area contributed by atoms with Gasteiger partial charge in [0.05, 0.1) is 17.5 Å². The highest BCUT2D eigenvalue weighted by molar-refractivity contribution is 7.83. The predicted octanol–water partition coefficient (Wildman–Crippen LogP) is 2.50. The van der Waals surface area contributed by atoms with Crippen LogP contribution in [0.2, 0.25) is 5.02 Å². The molecule has 1 aromatic carbocycles. The third kappa shape index (κ3) is 4.14. The fraction of sp³-hybridized carbons (Fsp3) is 0.368. The van der Waals surface area contributed by atoms with Crippen molar-refractivity contribution in [2.75, 3.05) is 12.4 Å². The van der Waals surface area contributed by atoms with Crippen LogP contribution in [0, 0.1) is 0 Å². The van der Waals surface area contributed by atoms with Crippen LogP contribution in [-0.4, -0.2) is 56.1 Å². The topological polar surface area (TPSA) is 121 Å². The normalized spacial score (nSPS) is 22.1. The number of nitrogens with one attached hydrogen (secondary N) is 1. The molecule has 9 nitrogen and oxygen atoms in total. The van der Waals surface area contributed by atoms with Gasteiger partial charge in [0, 0.05) is 30.9 Å². The highest BCUT2D eigenvalue weighted by Crippen LogP contribution is 2.36. The van der Waals surface area contributed by atoms with E-state index in [-0.39, 0.29) is 6.04 Å². The maximum Gasteiger partial charge on any atom is 0.335 e. The zero-order chi connectivity index (χ0) is 21.5. The summed E-state index contributed by atoms with van der Waals surface area (Å²) >= 11 is 6.04. The molecule has 3 aromatic rings. The van der Waals surface area contributed by atoms with E-state index in [1.807, 2.05) is 41.1 Å². The molecule has 3 N–H and O–H groups in total. The van der Waals surface area contributed by atoms with E-state index < -0.39 is 22.4 Å². The van der Waals surface area contributed by atoms with Crippen molar-refractivity contribution < 1.29 is 18.1 Å². The van der Waals surface area contributed by atoms with E-state index in [4.69, 9.17) is 11.6 Å². The number of hydrogen-bond donors (Lipinski definition) is 3. The number of fused-ring (bicyclic) bond motifs is 1. The molecule has 0 saturated heterocycles. The van der Waals surface area contributed by atoms with Crippen LogP contribution in [0.5, 0.6) is 0 Å².